The second-order valence-corrected chi connectivity index (χ2v) is 7.43. The summed E-state index contributed by atoms with van der Waals surface area (Å²) in [5.41, 5.74) is 9.11. The number of rotatable bonds is 4. The quantitative estimate of drug-likeness (QED) is 0.780. The van der Waals surface area contributed by atoms with Crippen LogP contribution in [0.4, 0.5) is 5.69 Å². The van der Waals surface area contributed by atoms with Gasteiger partial charge in [0.2, 0.25) is 0 Å². The van der Waals surface area contributed by atoms with Crippen molar-refractivity contribution < 1.29 is 0 Å². The van der Waals surface area contributed by atoms with E-state index in [-0.39, 0.29) is 0 Å². The number of nitrogen functional groups attached to an aromatic ring is 1. The lowest BCUT2D eigenvalue weighted by Gasteiger charge is -2.17. The number of hydrogen-bond acceptors (Lipinski definition) is 3. The van der Waals surface area contributed by atoms with Gasteiger partial charge in [-0.2, -0.15) is 0 Å². The molecule has 0 spiro atoms. The third kappa shape index (κ3) is 3.82. The Morgan fingerprint density at radius 1 is 1.22 bits per heavy atom. The monoisotopic (exact) mass is 388 g/mol. The maximum absolute atomic E-state index is 5.74. The molecule has 0 radical (unpaired) electrons. The van der Waals surface area contributed by atoms with Gasteiger partial charge in [-0.05, 0) is 57.7 Å². The Labute approximate surface area is 128 Å². The van der Waals surface area contributed by atoms with Crippen LogP contribution in [0.5, 0.6) is 0 Å². The Balaban J connectivity index is 2.00. The summed E-state index contributed by atoms with van der Waals surface area (Å²) in [5.74, 6) is 0. The summed E-state index contributed by atoms with van der Waals surface area (Å²) in [7, 11) is 2.12. The number of anilines is 1. The van der Waals surface area contributed by atoms with Crippen molar-refractivity contribution in [3.05, 3.63) is 49.0 Å². The number of hydrogen-bond donors (Lipinski definition) is 1. The number of thiophene rings is 1. The fraction of sp³-hybridized carbons (Fsp3) is 0.231. The smallest absolute Gasteiger partial charge is 0.0701 e. The van der Waals surface area contributed by atoms with Gasteiger partial charge in [-0.25, -0.2) is 0 Å². The van der Waals surface area contributed by atoms with Crippen molar-refractivity contribution in [3.63, 3.8) is 0 Å². The van der Waals surface area contributed by atoms with Gasteiger partial charge in [-0.15, -0.1) is 11.3 Å². The predicted molar refractivity (Wildman–Crippen MR) is 85.7 cm³/mol. The van der Waals surface area contributed by atoms with E-state index in [0.29, 0.717) is 0 Å². The zero-order chi connectivity index (χ0) is 13.1. The standard InChI is InChI=1S/C13H14Br2N2S/c1-17(6-9-4-13(15)18-8-9)7-10-2-3-11(16)5-12(10)14/h2-5,8H,6-7,16H2,1H3. The van der Waals surface area contributed by atoms with Crippen LogP contribution in [0, 0.1) is 0 Å². The van der Waals surface area contributed by atoms with E-state index in [1.807, 2.05) is 12.1 Å². The third-order valence-electron chi connectivity index (χ3n) is 2.59. The molecule has 18 heavy (non-hydrogen) atoms. The molecule has 2 aromatic rings. The van der Waals surface area contributed by atoms with Crippen LogP contribution in [0.1, 0.15) is 11.1 Å². The van der Waals surface area contributed by atoms with E-state index in [1.165, 1.54) is 14.9 Å². The second kappa shape index (κ2) is 6.19. The molecule has 0 fully saturated rings. The van der Waals surface area contributed by atoms with E-state index in [1.54, 1.807) is 11.3 Å². The molecular weight excluding hydrogens is 376 g/mol. The summed E-state index contributed by atoms with van der Waals surface area (Å²) in [6.07, 6.45) is 0. The van der Waals surface area contributed by atoms with Crippen molar-refractivity contribution in [2.45, 2.75) is 13.1 Å². The molecule has 2 N–H and O–H groups in total. The lowest BCUT2D eigenvalue weighted by molar-refractivity contribution is 0.319. The highest BCUT2D eigenvalue weighted by atomic mass is 79.9. The van der Waals surface area contributed by atoms with E-state index < -0.39 is 0 Å². The maximum Gasteiger partial charge on any atom is 0.0701 e. The first-order valence-electron chi connectivity index (χ1n) is 5.50. The minimum Gasteiger partial charge on any atom is -0.399 e. The highest BCUT2D eigenvalue weighted by Gasteiger charge is 2.06. The molecule has 0 bridgehead atoms. The summed E-state index contributed by atoms with van der Waals surface area (Å²) in [4.78, 5) is 2.28. The number of nitrogens with two attached hydrogens (primary N) is 1. The van der Waals surface area contributed by atoms with Crippen LogP contribution >= 0.6 is 43.2 Å². The highest BCUT2D eigenvalue weighted by Crippen LogP contribution is 2.24. The van der Waals surface area contributed by atoms with E-state index >= 15 is 0 Å². The van der Waals surface area contributed by atoms with Crippen LogP contribution in [0.3, 0.4) is 0 Å². The van der Waals surface area contributed by atoms with Crippen molar-refractivity contribution >= 4 is 48.9 Å². The zero-order valence-electron chi connectivity index (χ0n) is 9.99. The Bertz CT molecular complexity index is 540. The Hall–Kier alpha value is -0.360. The molecule has 0 saturated carbocycles. The summed E-state index contributed by atoms with van der Waals surface area (Å²) in [6.45, 7) is 1.84. The van der Waals surface area contributed by atoms with Crippen LogP contribution in [-0.4, -0.2) is 11.9 Å². The van der Waals surface area contributed by atoms with Crippen molar-refractivity contribution in [2.75, 3.05) is 12.8 Å². The summed E-state index contributed by atoms with van der Waals surface area (Å²) in [5, 5.41) is 2.18. The van der Waals surface area contributed by atoms with Gasteiger partial charge >= 0.3 is 0 Å². The van der Waals surface area contributed by atoms with Crippen LogP contribution in [0.15, 0.2) is 37.9 Å². The SMILES string of the molecule is CN(Cc1csc(Br)c1)Cc1ccc(N)cc1Br. The molecule has 2 rings (SSSR count). The minimum absolute atomic E-state index is 0.787. The first kappa shape index (κ1) is 14.1. The zero-order valence-corrected chi connectivity index (χ0v) is 14.0. The van der Waals surface area contributed by atoms with Crippen LogP contribution in [0.2, 0.25) is 0 Å². The average Bonchev–Trinajstić information content (AvgIpc) is 2.68. The van der Waals surface area contributed by atoms with Gasteiger partial charge in [-0.3, -0.25) is 4.90 Å². The van der Waals surface area contributed by atoms with Gasteiger partial charge in [0, 0.05) is 23.2 Å². The first-order valence-corrected chi connectivity index (χ1v) is 7.96. The Kier molecular flexibility index (Phi) is 4.84. The number of nitrogens with zero attached hydrogens (tertiary/aromatic N) is 1. The summed E-state index contributed by atoms with van der Waals surface area (Å²) >= 11 is 8.76. The second-order valence-electron chi connectivity index (χ2n) is 4.28. The van der Waals surface area contributed by atoms with Crippen LogP contribution < -0.4 is 5.73 Å². The lowest BCUT2D eigenvalue weighted by atomic mass is 10.2. The minimum atomic E-state index is 0.787. The van der Waals surface area contributed by atoms with Gasteiger partial charge in [0.25, 0.3) is 0 Å². The molecule has 0 unspecified atom stereocenters. The predicted octanol–water partition coefficient (Wildman–Crippen LogP) is 4.49. The van der Waals surface area contributed by atoms with Crippen molar-refractivity contribution in [1.82, 2.24) is 4.90 Å². The molecule has 2 nitrogen and oxygen atoms in total. The van der Waals surface area contributed by atoms with E-state index in [4.69, 9.17) is 5.73 Å². The van der Waals surface area contributed by atoms with Crippen molar-refractivity contribution in [3.8, 4) is 0 Å². The molecule has 0 aliphatic carbocycles. The van der Waals surface area contributed by atoms with E-state index in [2.05, 4.69) is 61.3 Å². The van der Waals surface area contributed by atoms with Crippen LogP contribution in [0.25, 0.3) is 0 Å². The molecule has 0 amide bonds. The van der Waals surface area contributed by atoms with Gasteiger partial charge in [0.05, 0.1) is 3.79 Å². The molecule has 5 heteroatoms. The first-order chi connectivity index (χ1) is 8.54. The highest BCUT2D eigenvalue weighted by molar-refractivity contribution is 9.11. The summed E-state index contributed by atoms with van der Waals surface area (Å²) < 4.78 is 2.25. The molecule has 1 aromatic heterocycles. The molecule has 96 valence electrons. The fourth-order valence-electron chi connectivity index (χ4n) is 1.78. The Morgan fingerprint density at radius 2 is 2.00 bits per heavy atom. The molecule has 1 heterocycles. The molecule has 0 saturated heterocycles. The molecular formula is C13H14Br2N2S. The summed E-state index contributed by atoms with van der Waals surface area (Å²) in [6, 6.07) is 8.12. The molecule has 0 aliphatic heterocycles. The fourth-order valence-corrected chi connectivity index (χ4v) is 3.50. The molecule has 0 aliphatic rings. The Morgan fingerprint density at radius 3 is 2.61 bits per heavy atom. The lowest BCUT2D eigenvalue weighted by Crippen LogP contribution is -2.17. The van der Waals surface area contributed by atoms with E-state index in [9.17, 15) is 0 Å². The van der Waals surface area contributed by atoms with Gasteiger partial charge in [-0.1, -0.05) is 22.0 Å². The number of benzene rings is 1. The average molecular weight is 390 g/mol. The maximum atomic E-state index is 5.74. The third-order valence-corrected chi connectivity index (χ3v) is 4.88. The number of halogens is 2. The topological polar surface area (TPSA) is 29.3 Å². The van der Waals surface area contributed by atoms with Gasteiger partial charge in [0.15, 0.2) is 0 Å². The molecule has 1 aromatic carbocycles. The van der Waals surface area contributed by atoms with Crippen molar-refractivity contribution in [2.24, 2.45) is 0 Å². The van der Waals surface area contributed by atoms with Crippen LogP contribution in [-0.2, 0) is 13.1 Å². The van der Waals surface area contributed by atoms with Gasteiger partial charge < -0.3 is 5.73 Å². The molecule has 0 atom stereocenters. The van der Waals surface area contributed by atoms with Gasteiger partial charge in [0.1, 0.15) is 0 Å². The normalized spacial score (nSPS) is 11.1. The van der Waals surface area contributed by atoms with E-state index in [0.717, 1.165) is 23.2 Å². The largest absolute Gasteiger partial charge is 0.399 e. The van der Waals surface area contributed by atoms with Crippen molar-refractivity contribution in [1.29, 1.82) is 0 Å².